The molecule has 3 aromatic rings. The Hall–Kier alpha value is -3.75. The summed E-state index contributed by atoms with van der Waals surface area (Å²) < 4.78 is 55.9. The van der Waals surface area contributed by atoms with Crippen LogP contribution in [0.25, 0.3) is 0 Å². The fraction of sp³-hybridized carbons (Fsp3) is 0.321. The lowest BCUT2D eigenvalue weighted by molar-refractivity contribution is -0.137. The van der Waals surface area contributed by atoms with Crippen LogP contribution in [-0.2, 0) is 18.1 Å². The van der Waals surface area contributed by atoms with E-state index in [2.05, 4.69) is 20.6 Å². The molecular formula is C28H28F4N4O. The molecule has 0 bridgehead atoms. The average molecular weight is 513 g/mol. The van der Waals surface area contributed by atoms with Gasteiger partial charge in [-0.05, 0) is 54.3 Å². The summed E-state index contributed by atoms with van der Waals surface area (Å²) in [6, 6.07) is 14.1. The highest BCUT2D eigenvalue weighted by molar-refractivity contribution is 5.79. The summed E-state index contributed by atoms with van der Waals surface area (Å²) in [6.07, 6.45) is 1.97. The van der Waals surface area contributed by atoms with Crippen molar-refractivity contribution >= 4 is 12.2 Å². The van der Waals surface area contributed by atoms with Crippen molar-refractivity contribution in [3.63, 3.8) is 0 Å². The van der Waals surface area contributed by atoms with E-state index in [9.17, 15) is 22.4 Å². The number of urea groups is 1. The second-order valence-corrected chi connectivity index (χ2v) is 9.24. The van der Waals surface area contributed by atoms with E-state index in [1.165, 1.54) is 6.20 Å². The molecule has 1 fully saturated rings. The highest BCUT2D eigenvalue weighted by atomic mass is 19.4. The van der Waals surface area contributed by atoms with Crippen molar-refractivity contribution in [2.24, 2.45) is 4.99 Å². The van der Waals surface area contributed by atoms with Gasteiger partial charge in [-0.3, -0.25) is 9.98 Å². The summed E-state index contributed by atoms with van der Waals surface area (Å²) in [7, 11) is 1.61. The summed E-state index contributed by atoms with van der Waals surface area (Å²) in [4.78, 5) is 21.8. The Morgan fingerprint density at radius 3 is 2.38 bits per heavy atom. The van der Waals surface area contributed by atoms with E-state index in [0.29, 0.717) is 11.6 Å². The normalized spacial score (nSPS) is 16.0. The van der Waals surface area contributed by atoms with Gasteiger partial charge in [0.25, 0.3) is 0 Å². The van der Waals surface area contributed by atoms with Crippen LogP contribution in [0.1, 0.15) is 53.6 Å². The number of nitrogens with one attached hydrogen (secondary N) is 2. The molecule has 37 heavy (non-hydrogen) atoms. The van der Waals surface area contributed by atoms with Crippen LogP contribution >= 0.6 is 0 Å². The van der Waals surface area contributed by atoms with E-state index in [1.807, 2.05) is 6.07 Å². The van der Waals surface area contributed by atoms with Crippen LogP contribution in [-0.4, -0.2) is 30.3 Å². The number of hydrogen-bond acceptors (Lipinski definition) is 3. The van der Waals surface area contributed by atoms with Gasteiger partial charge in [0, 0.05) is 37.5 Å². The maximum atomic E-state index is 14.7. The van der Waals surface area contributed by atoms with E-state index < -0.39 is 29.1 Å². The quantitative estimate of drug-likeness (QED) is 0.301. The van der Waals surface area contributed by atoms with Crippen molar-refractivity contribution in [3.05, 3.63) is 101 Å². The van der Waals surface area contributed by atoms with Crippen molar-refractivity contribution in [1.29, 1.82) is 0 Å². The van der Waals surface area contributed by atoms with Gasteiger partial charge >= 0.3 is 12.2 Å². The number of carbonyl (C=O) groups is 1. The second-order valence-electron chi connectivity index (χ2n) is 9.24. The number of nitrogens with zero attached hydrogens (tertiary/aromatic N) is 2. The van der Waals surface area contributed by atoms with Crippen molar-refractivity contribution in [2.45, 2.75) is 49.9 Å². The minimum atomic E-state index is -4.78. The SMILES string of the molecule is CN=Cc1ccc(C(Cc2ccccc2)(NC(=O)NC2CCCC2)c2cc(F)cc(C(F)(F)F)c2)nc1. The zero-order chi connectivity index (χ0) is 26.5. The molecule has 0 saturated heterocycles. The first-order chi connectivity index (χ1) is 17.7. The van der Waals surface area contributed by atoms with E-state index in [-0.39, 0.29) is 23.7 Å². The maximum Gasteiger partial charge on any atom is 0.416 e. The molecule has 1 unspecified atom stereocenters. The molecule has 0 radical (unpaired) electrons. The van der Waals surface area contributed by atoms with Gasteiger partial charge in [-0.25, -0.2) is 9.18 Å². The zero-order valence-corrected chi connectivity index (χ0v) is 20.4. The lowest BCUT2D eigenvalue weighted by Crippen LogP contribution is -2.54. The maximum absolute atomic E-state index is 14.7. The highest BCUT2D eigenvalue weighted by Crippen LogP contribution is 2.37. The first kappa shape index (κ1) is 26.3. The Morgan fingerprint density at radius 2 is 1.76 bits per heavy atom. The average Bonchev–Trinajstić information content (AvgIpc) is 3.37. The second kappa shape index (κ2) is 11.1. The Kier molecular flexibility index (Phi) is 7.90. The molecule has 2 N–H and O–H groups in total. The molecular weight excluding hydrogens is 484 g/mol. The van der Waals surface area contributed by atoms with E-state index in [0.717, 1.165) is 43.4 Å². The van der Waals surface area contributed by atoms with Crippen LogP contribution in [0.15, 0.2) is 71.9 Å². The van der Waals surface area contributed by atoms with E-state index >= 15 is 0 Å². The summed E-state index contributed by atoms with van der Waals surface area (Å²) in [5.41, 5.74) is -1.14. The fourth-order valence-corrected chi connectivity index (χ4v) is 4.79. The predicted molar refractivity (Wildman–Crippen MR) is 134 cm³/mol. The molecule has 1 atom stereocenters. The summed E-state index contributed by atoms with van der Waals surface area (Å²) in [6.45, 7) is 0. The van der Waals surface area contributed by atoms with E-state index in [1.54, 1.807) is 49.7 Å². The summed E-state index contributed by atoms with van der Waals surface area (Å²) in [5, 5.41) is 5.85. The molecule has 194 valence electrons. The van der Waals surface area contributed by atoms with Gasteiger partial charge in [-0.15, -0.1) is 0 Å². The molecule has 9 heteroatoms. The largest absolute Gasteiger partial charge is 0.416 e. The van der Waals surface area contributed by atoms with E-state index in [4.69, 9.17) is 0 Å². The van der Waals surface area contributed by atoms with Crippen molar-refractivity contribution in [3.8, 4) is 0 Å². The van der Waals surface area contributed by atoms with Gasteiger partial charge in [0.1, 0.15) is 11.4 Å². The molecule has 2 amide bonds. The Morgan fingerprint density at radius 1 is 1.05 bits per heavy atom. The Bertz CT molecular complexity index is 1240. The van der Waals surface area contributed by atoms with Crippen LogP contribution in [0.4, 0.5) is 22.4 Å². The van der Waals surface area contributed by atoms with Gasteiger partial charge in [-0.2, -0.15) is 13.2 Å². The minimum Gasteiger partial charge on any atom is -0.335 e. The predicted octanol–water partition coefficient (Wildman–Crippen LogP) is 6.02. The lowest BCUT2D eigenvalue weighted by Gasteiger charge is -2.36. The lowest BCUT2D eigenvalue weighted by atomic mass is 9.79. The number of halogens is 4. The highest BCUT2D eigenvalue weighted by Gasteiger charge is 2.41. The third kappa shape index (κ3) is 6.34. The van der Waals surface area contributed by atoms with Crippen LogP contribution in [0.5, 0.6) is 0 Å². The van der Waals surface area contributed by atoms with Gasteiger partial charge in [0.05, 0.1) is 11.3 Å². The monoisotopic (exact) mass is 512 g/mol. The van der Waals surface area contributed by atoms with Crippen molar-refractivity contribution in [1.82, 2.24) is 15.6 Å². The van der Waals surface area contributed by atoms with Gasteiger partial charge in [-0.1, -0.05) is 43.2 Å². The Balaban J connectivity index is 1.90. The Labute approximate surface area is 213 Å². The number of hydrogen-bond donors (Lipinski definition) is 2. The van der Waals surface area contributed by atoms with Crippen molar-refractivity contribution < 1.29 is 22.4 Å². The molecule has 1 aliphatic carbocycles. The third-order valence-corrected chi connectivity index (χ3v) is 6.55. The van der Waals surface area contributed by atoms with Crippen LogP contribution in [0.3, 0.4) is 0 Å². The summed E-state index contributed by atoms with van der Waals surface area (Å²) in [5.74, 6) is -1.06. The number of aromatic nitrogens is 1. The van der Waals surface area contributed by atoms with Crippen LogP contribution < -0.4 is 10.6 Å². The number of benzene rings is 2. The molecule has 2 aromatic carbocycles. The van der Waals surface area contributed by atoms with Gasteiger partial charge < -0.3 is 10.6 Å². The number of carbonyl (C=O) groups excluding carboxylic acids is 1. The topological polar surface area (TPSA) is 66.4 Å². The minimum absolute atomic E-state index is 0.0382. The molecule has 4 rings (SSSR count). The number of pyridine rings is 1. The number of amides is 2. The zero-order valence-electron chi connectivity index (χ0n) is 20.4. The smallest absolute Gasteiger partial charge is 0.335 e. The van der Waals surface area contributed by atoms with Crippen LogP contribution in [0, 0.1) is 5.82 Å². The molecule has 0 spiro atoms. The first-order valence-electron chi connectivity index (χ1n) is 12.1. The van der Waals surface area contributed by atoms with Crippen LogP contribution in [0.2, 0.25) is 0 Å². The first-order valence-corrected chi connectivity index (χ1v) is 12.1. The van der Waals surface area contributed by atoms with Gasteiger partial charge in [0.2, 0.25) is 0 Å². The molecule has 1 saturated carbocycles. The number of aliphatic imine (C=N–C) groups is 1. The third-order valence-electron chi connectivity index (χ3n) is 6.55. The number of alkyl halides is 3. The fourth-order valence-electron chi connectivity index (χ4n) is 4.79. The molecule has 1 heterocycles. The summed E-state index contributed by atoms with van der Waals surface area (Å²) >= 11 is 0. The molecule has 0 aliphatic heterocycles. The van der Waals surface area contributed by atoms with Crippen molar-refractivity contribution in [2.75, 3.05) is 7.05 Å². The standard InChI is InChI=1S/C28H28F4N4O/c1-33-17-20-11-12-25(34-18-20)27(16-19-7-3-2-4-8-19,36-26(37)35-24-9-5-6-10-24)21-13-22(28(30,31)32)15-23(29)14-21/h2-4,7-8,11-15,17-18,24H,5-6,9-10,16H2,1H3,(H2,35,36,37). The van der Waals surface area contributed by atoms with Gasteiger partial charge in [0.15, 0.2) is 0 Å². The molecule has 1 aromatic heterocycles. The number of rotatable bonds is 7. The molecule has 5 nitrogen and oxygen atoms in total. The molecule has 1 aliphatic rings.